The molecular formula is C12H13F2NO. The molecule has 0 amide bonds. The largest absolute Gasteiger partial charge is 0.475 e. The molecule has 1 aromatic carbocycles. The molecule has 2 rings (SSSR count). The lowest BCUT2D eigenvalue weighted by Gasteiger charge is -2.06. The first-order valence-electron chi connectivity index (χ1n) is 5.24. The van der Waals surface area contributed by atoms with E-state index < -0.39 is 11.6 Å². The Balaban J connectivity index is 2.25. The highest BCUT2D eigenvalue weighted by atomic mass is 19.2. The van der Waals surface area contributed by atoms with Crippen LogP contribution < -0.4 is 0 Å². The normalized spacial score (nSPS) is 19.8. The summed E-state index contributed by atoms with van der Waals surface area (Å²) in [5.41, 5.74) is 0.488. The zero-order valence-corrected chi connectivity index (χ0v) is 9.21. The quantitative estimate of drug-likeness (QED) is 0.758. The topological polar surface area (TPSA) is 21.6 Å². The van der Waals surface area contributed by atoms with Crippen LogP contribution >= 0.6 is 0 Å². The summed E-state index contributed by atoms with van der Waals surface area (Å²) in [5.74, 6) is -0.958. The minimum absolute atomic E-state index is 0.100. The maximum Gasteiger partial charge on any atom is 0.216 e. The third kappa shape index (κ3) is 2.05. The molecular weight excluding hydrogens is 212 g/mol. The van der Waals surface area contributed by atoms with E-state index >= 15 is 0 Å². The van der Waals surface area contributed by atoms with Gasteiger partial charge in [0.15, 0.2) is 11.6 Å². The zero-order chi connectivity index (χ0) is 11.7. The number of aliphatic imine (C=N–C) groups is 1. The van der Waals surface area contributed by atoms with Crippen molar-refractivity contribution in [1.82, 2.24) is 0 Å². The summed E-state index contributed by atoms with van der Waals surface area (Å²) < 4.78 is 31.1. The second-order valence-corrected chi connectivity index (χ2v) is 4.19. The number of hydrogen-bond acceptors (Lipinski definition) is 2. The van der Waals surface area contributed by atoms with Crippen LogP contribution in [0.25, 0.3) is 0 Å². The summed E-state index contributed by atoms with van der Waals surface area (Å²) in [6.07, 6.45) is 0. The SMILES string of the molecule is CC(C)[C@@H]1COC(c2ccc(F)c(F)c2)=N1. The van der Waals surface area contributed by atoms with E-state index in [9.17, 15) is 8.78 Å². The van der Waals surface area contributed by atoms with Crippen LogP contribution in [0.5, 0.6) is 0 Å². The van der Waals surface area contributed by atoms with E-state index in [4.69, 9.17) is 4.74 Å². The summed E-state index contributed by atoms with van der Waals surface area (Å²) in [6, 6.07) is 3.76. The molecule has 86 valence electrons. The Bertz CT molecular complexity index is 429. The molecule has 4 heteroatoms. The fourth-order valence-electron chi connectivity index (χ4n) is 1.52. The van der Waals surface area contributed by atoms with Crippen LogP contribution in [-0.4, -0.2) is 18.5 Å². The van der Waals surface area contributed by atoms with Crippen molar-refractivity contribution in [3.63, 3.8) is 0 Å². The smallest absolute Gasteiger partial charge is 0.216 e. The van der Waals surface area contributed by atoms with E-state index in [1.54, 1.807) is 0 Å². The van der Waals surface area contributed by atoms with Crippen LogP contribution in [0.1, 0.15) is 19.4 Å². The highest BCUT2D eigenvalue weighted by Gasteiger charge is 2.23. The fourth-order valence-corrected chi connectivity index (χ4v) is 1.52. The second kappa shape index (κ2) is 4.20. The molecule has 0 fully saturated rings. The van der Waals surface area contributed by atoms with Crippen LogP contribution in [-0.2, 0) is 4.74 Å². The number of halogens is 2. The van der Waals surface area contributed by atoms with Gasteiger partial charge in [-0.15, -0.1) is 0 Å². The molecule has 16 heavy (non-hydrogen) atoms. The van der Waals surface area contributed by atoms with E-state index in [0.717, 1.165) is 12.1 Å². The van der Waals surface area contributed by atoms with Crippen molar-refractivity contribution in [3.05, 3.63) is 35.4 Å². The third-order valence-corrected chi connectivity index (χ3v) is 2.61. The Morgan fingerprint density at radius 1 is 1.31 bits per heavy atom. The van der Waals surface area contributed by atoms with E-state index in [0.29, 0.717) is 24.0 Å². The van der Waals surface area contributed by atoms with Gasteiger partial charge in [-0.2, -0.15) is 0 Å². The number of ether oxygens (including phenoxy) is 1. The molecule has 1 heterocycles. The van der Waals surface area contributed by atoms with Crippen molar-refractivity contribution in [2.45, 2.75) is 19.9 Å². The monoisotopic (exact) mass is 225 g/mol. The lowest BCUT2D eigenvalue weighted by Crippen LogP contribution is -2.13. The first kappa shape index (κ1) is 11.0. The Kier molecular flexibility index (Phi) is 2.90. The van der Waals surface area contributed by atoms with Gasteiger partial charge in [0.25, 0.3) is 0 Å². The molecule has 1 aliphatic heterocycles. The van der Waals surface area contributed by atoms with Gasteiger partial charge in [0.05, 0.1) is 6.04 Å². The van der Waals surface area contributed by atoms with E-state index in [1.807, 2.05) is 13.8 Å². The molecule has 0 aromatic heterocycles. The van der Waals surface area contributed by atoms with Crippen molar-refractivity contribution < 1.29 is 13.5 Å². The van der Waals surface area contributed by atoms with Gasteiger partial charge < -0.3 is 4.74 Å². The number of nitrogens with zero attached hydrogens (tertiary/aromatic N) is 1. The second-order valence-electron chi connectivity index (χ2n) is 4.19. The fraction of sp³-hybridized carbons (Fsp3) is 0.417. The molecule has 0 bridgehead atoms. The van der Waals surface area contributed by atoms with Crippen molar-refractivity contribution in [3.8, 4) is 0 Å². The maximum atomic E-state index is 13.0. The standard InChI is InChI=1S/C12H13F2NO/c1-7(2)11-6-16-12(15-11)8-3-4-9(13)10(14)5-8/h3-5,7,11H,6H2,1-2H3/t11-/m0/s1. The molecule has 0 spiro atoms. The predicted octanol–water partition coefficient (Wildman–Crippen LogP) is 2.77. The molecule has 0 saturated heterocycles. The summed E-state index contributed by atoms with van der Waals surface area (Å²) in [5, 5.41) is 0. The van der Waals surface area contributed by atoms with Gasteiger partial charge in [0, 0.05) is 5.56 Å². The zero-order valence-electron chi connectivity index (χ0n) is 9.21. The van der Waals surface area contributed by atoms with Crippen molar-refractivity contribution >= 4 is 5.90 Å². The predicted molar refractivity (Wildman–Crippen MR) is 57.5 cm³/mol. The molecule has 0 N–H and O–H groups in total. The molecule has 1 aromatic rings. The molecule has 1 aliphatic rings. The molecule has 0 aliphatic carbocycles. The highest BCUT2D eigenvalue weighted by molar-refractivity contribution is 5.95. The van der Waals surface area contributed by atoms with Gasteiger partial charge >= 0.3 is 0 Å². The van der Waals surface area contributed by atoms with E-state index in [-0.39, 0.29) is 6.04 Å². The van der Waals surface area contributed by atoms with Crippen LogP contribution in [0.2, 0.25) is 0 Å². The lowest BCUT2D eigenvalue weighted by atomic mass is 10.1. The van der Waals surface area contributed by atoms with Crippen LogP contribution in [0.4, 0.5) is 8.78 Å². The van der Waals surface area contributed by atoms with Crippen molar-refractivity contribution in [2.24, 2.45) is 10.9 Å². The molecule has 0 unspecified atom stereocenters. The third-order valence-electron chi connectivity index (χ3n) is 2.61. The molecule has 1 atom stereocenters. The average Bonchev–Trinajstić information content (AvgIpc) is 2.71. The van der Waals surface area contributed by atoms with Crippen molar-refractivity contribution in [1.29, 1.82) is 0 Å². The summed E-state index contributed by atoms with van der Waals surface area (Å²) in [4.78, 5) is 4.33. The number of rotatable bonds is 2. The van der Waals surface area contributed by atoms with Crippen molar-refractivity contribution in [2.75, 3.05) is 6.61 Å². The minimum Gasteiger partial charge on any atom is -0.475 e. The first-order chi connectivity index (χ1) is 7.58. The first-order valence-corrected chi connectivity index (χ1v) is 5.24. The van der Waals surface area contributed by atoms with Gasteiger partial charge in [0.2, 0.25) is 5.90 Å². The summed E-state index contributed by atoms with van der Waals surface area (Å²) in [7, 11) is 0. The van der Waals surface area contributed by atoms with Crippen LogP contribution in [0.3, 0.4) is 0 Å². The number of benzene rings is 1. The Labute approximate surface area is 93.0 Å². The lowest BCUT2D eigenvalue weighted by molar-refractivity contribution is 0.291. The highest BCUT2D eigenvalue weighted by Crippen LogP contribution is 2.18. The van der Waals surface area contributed by atoms with E-state index in [1.165, 1.54) is 6.07 Å². The van der Waals surface area contributed by atoms with Gasteiger partial charge in [-0.25, -0.2) is 13.8 Å². The maximum absolute atomic E-state index is 13.0. The average molecular weight is 225 g/mol. The molecule has 0 radical (unpaired) electrons. The minimum atomic E-state index is -0.878. The number of hydrogen-bond donors (Lipinski definition) is 0. The molecule has 2 nitrogen and oxygen atoms in total. The summed E-state index contributed by atoms with van der Waals surface area (Å²) >= 11 is 0. The Morgan fingerprint density at radius 2 is 2.06 bits per heavy atom. The Hall–Kier alpha value is -1.45. The Morgan fingerprint density at radius 3 is 2.62 bits per heavy atom. The van der Waals surface area contributed by atoms with Gasteiger partial charge in [0.1, 0.15) is 6.61 Å². The van der Waals surface area contributed by atoms with Crippen LogP contribution in [0, 0.1) is 17.6 Å². The van der Waals surface area contributed by atoms with Gasteiger partial charge in [-0.05, 0) is 24.1 Å². The summed E-state index contributed by atoms with van der Waals surface area (Å²) in [6.45, 7) is 4.60. The van der Waals surface area contributed by atoms with Crippen LogP contribution in [0.15, 0.2) is 23.2 Å². The molecule has 0 saturated carbocycles. The van der Waals surface area contributed by atoms with Gasteiger partial charge in [-0.1, -0.05) is 13.8 Å². The van der Waals surface area contributed by atoms with E-state index in [2.05, 4.69) is 4.99 Å². The van der Waals surface area contributed by atoms with Gasteiger partial charge in [-0.3, -0.25) is 0 Å².